The zero-order chi connectivity index (χ0) is 17.8. The van der Waals surface area contributed by atoms with Crippen molar-refractivity contribution in [3.8, 4) is 5.88 Å². The lowest BCUT2D eigenvalue weighted by Gasteiger charge is -2.32. The first kappa shape index (κ1) is 18.5. The van der Waals surface area contributed by atoms with Gasteiger partial charge >= 0.3 is 6.18 Å². The SMILES string of the molecule is COc1ccc(C(O)(CNC(=O)C2CCCCC2)C(F)(F)F)cn1. The Kier molecular flexibility index (Phi) is 5.69. The second-order valence-corrected chi connectivity index (χ2v) is 6.00. The molecule has 1 aliphatic carbocycles. The molecule has 0 bridgehead atoms. The van der Waals surface area contributed by atoms with Crippen molar-refractivity contribution in [2.45, 2.75) is 43.9 Å². The monoisotopic (exact) mass is 346 g/mol. The van der Waals surface area contributed by atoms with Gasteiger partial charge in [-0.2, -0.15) is 13.2 Å². The van der Waals surface area contributed by atoms with Gasteiger partial charge in [0, 0.05) is 23.7 Å². The van der Waals surface area contributed by atoms with Crippen LogP contribution < -0.4 is 10.1 Å². The van der Waals surface area contributed by atoms with Gasteiger partial charge in [0.1, 0.15) is 0 Å². The van der Waals surface area contributed by atoms with Gasteiger partial charge in [-0.3, -0.25) is 4.79 Å². The number of pyridine rings is 1. The van der Waals surface area contributed by atoms with Gasteiger partial charge in [-0.05, 0) is 18.9 Å². The van der Waals surface area contributed by atoms with Crippen LogP contribution in [-0.4, -0.2) is 35.8 Å². The molecule has 0 spiro atoms. The number of hydrogen-bond acceptors (Lipinski definition) is 4. The number of amides is 1. The number of aliphatic hydroxyl groups is 1. The van der Waals surface area contributed by atoms with Gasteiger partial charge in [0.05, 0.1) is 13.7 Å². The fourth-order valence-electron chi connectivity index (χ4n) is 2.84. The van der Waals surface area contributed by atoms with E-state index < -0.39 is 29.8 Å². The lowest BCUT2D eigenvalue weighted by atomic mass is 9.88. The zero-order valence-corrected chi connectivity index (χ0v) is 13.4. The van der Waals surface area contributed by atoms with Gasteiger partial charge in [-0.25, -0.2) is 4.98 Å². The first-order chi connectivity index (χ1) is 11.3. The van der Waals surface area contributed by atoms with Crippen LogP contribution in [-0.2, 0) is 10.4 Å². The van der Waals surface area contributed by atoms with E-state index in [0.717, 1.165) is 31.5 Å². The predicted octanol–water partition coefficient (Wildman–Crippen LogP) is 2.54. The largest absolute Gasteiger partial charge is 0.481 e. The number of halogens is 3. The molecule has 0 aromatic carbocycles. The average Bonchev–Trinajstić information content (AvgIpc) is 2.59. The van der Waals surface area contributed by atoms with Crippen LogP contribution >= 0.6 is 0 Å². The average molecular weight is 346 g/mol. The molecule has 0 radical (unpaired) electrons. The van der Waals surface area contributed by atoms with Crippen LogP contribution in [0.1, 0.15) is 37.7 Å². The van der Waals surface area contributed by atoms with Crippen molar-refractivity contribution < 1.29 is 27.8 Å². The minimum Gasteiger partial charge on any atom is -0.481 e. The fraction of sp³-hybridized carbons (Fsp3) is 0.625. The topological polar surface area (TPSA) is 71.5 Å². The van der Waals surface area contributed by atoms with Crippen LogP contribution in [0.5, 0.6) is 5.88 Å². The Hall–Kier alpha value is -1.83. The van der Waals surface area contributed by atoms with Crippen LogP contribution in [0.4, 0.5) is 13.2 Å². The number of methoxy groups -OCH3 is 1. The Balaban J connectivity index is 2.13. The standard InChI is InChI=1S/C16H21F3N2O3/c1-24-13-8-7-12(9-20-13)15(23,16(17,18)19)10-21-14(22)11-5-3-2-4-6-11/h7-9,11,23H,2-6,10H2,1H3,(H,21,22). The molecule has 0 saturated heterocycles. The smallest absolute Gasteiger partial charge is 0.423 e. The number of alkyl halides is 3. The maximum Gasteiger partial charge on any atom is 0.423 e. The quantitative estimate of drug-likeness (QED) is 0.859. The molecule has 1 atom stereocenters. The van der Waals surface area contributed by atoms with Gasteiger partial charge < -0.3 is 15.2 Å². The molecule has 1 saturated carbocycles. The molecule has 24 heavy (non-hydrogen) atoms. The van der Waals surface area contributed by atoms with Crippen LogP contribution in [0.3, 0.4) is 0 Å². The number of aromatic nitrogens is 1. The highest BCUT2D eigenvalue weighted by Crippen LogP contribution is 2.38. The Morgan fingerprint density at radius 2 is 2.00 bits per heavy atom. The number of carbonyl (C=O) groups excluding carboxylic acids is 1. The third-order valence-corrected chi connectivity index (χ3v) is 4.39. The molecule has 8 heteroatoms. The van der Waals surface area contributed by atoms with E-state index in [2.05, 4.69) is 10.3 Å². The van der Waals surface area contributed by atoms with Crippen LogP contribution in [0.15, 0.2) is 18.3 Å². The number of nitrogens with zero attached hydrogens (tertiary/aromatic N) is 1. The van der Waals surface area contributed by atoms with Gasteiger partial charge in [0.2, 0.25) is 17.4 Å². The molecule has 1 heterocycles. The summed E-state index contributed by atoms with van der Waals surface area (Å²) in [7, 11) is 1.34. The number of nitrogens with one attached hydrogen (secondary N) is 1. The lowest BCUT2D eigenvalue weighted by molar-refractivity contribution is -0.264. The van der Waals surface area contributed by atoms with Gasteiger partial charge in [0.15, 0.2) is 0 Å². The number of ether oxygens (including phenoxy) is 1. The number of rotatable bonds is 5. The summed E-state index contributed by atoms with van der Waals surface area (Å²) in [6.45, 7) is -0.945. The molecule has 5 nitrogen and oxygen atoms in total. The maximum absolute atomic E-state index is 13.4. The summed E-state index contributed by atoms with van der Waals surface area (Å²) in [6, 6.07) is 2.32. The summed E-state index contributed by atoms with van der Waals surface area (Å²) in [5.41, 5.74) is -3.64. The van der Waals surface area contributed by atoms with E-state index in [1.807, 2.05) is 0 Å². The highest BCUT2D eigenvalue weighted by Gasteiger charge is 2.55. The summed E-state index contributed by atoms with van der Waals surface area (Å²) in [6.07, 6.45) is 0.102. The van der Waals surface area contributed by atoms with Crippen molar-refractivity contribution >= 4 is 5.91 Å². The Bertz CT molecular complexity index is 557. The Labute approximate surface area is 138 Å². The minimum atomic E-state index is -4.96. The van der Waals surface area contributed by atoms with Crippen molar-refractivity contribution in [3.63, 3.8) is 0 Å². The molecule has 0 aliphatic heterocycles. The molecular formula is C16H21F3N2O3. The van der Waals surface area contributed by atoms with E-state index in [1.54, 1.807) is 0 Å². The Morgan fingerprint density at radius 3 is 2.50 bits per heavy atom. The Morgan fingerprint density at radius 1 is 1.33 bits per heavy atom. The van der Waals surface area contributed by atoms with E-state index in [1.165, 1.54) is 13.2 Å². The van der Waals surface area contributed by atoms with Crippen molar-refractivity contribution in [1.29, 1.82) is 0 Å². The molecule has 2 N–H and O–H groups in total. The van der Waals surface area contributed by atoms with Crippen molar-refractivity contribution in [3.05, 3.63) is 23.9 Å². The zero-order valence-electron chi connectivity index (χ0n) is 13.4. The maximum atomic E-state index is 13.4. The summed E-state index contributed by atoms with van der Waals surface area (Å²) < 4.78 is 45.0. The van der Waals surface area contributed by atoms with Gasteiger partial charge in [-0.15, -0.1) is 0 Å². The molecule has 1 unspecified atom stereocenters. The van der Waals surface area contributed by atoms with Crippen molar-refractivity contribution in [2.75, 3.05) is 13.7 Å². The molecule has 1 fully saturated rings. The van der Waals surface area contributed by atoms with Crippen molar-refractivity contribution in [2.24, 2.45) is 5.92 Å². The molecule has 2 rings (SSSR count). The number of carbonyl (C=O) groups is 1. The minimum absolute atomic E-state index is 0.134. The predicted molar refractivity (Wildman–Crippen MR) is 80.3 cm³/mol. The highest BCUT2D eigenvalue weighted by molar-refractivity contribution is 5.78. The van der Waals surface area contributed by atoms with E-state index in [0.29, 0.717) is 12.8 Å². The van der Waals surface area contributed by atoms with Gasteiger partial charge in [0.25, 0.3) is 0 Å². The third kappa shape index (κ3) is 3.98. The summed E-state index contributed by atoms with van der Waals surface area (Å²) in [5.74, 6) is -0.599. The van der Waals surface area contributed by atoms with Crippen LogP contribution in [0, 0.1) is 5.92 Å². The second-order valence-electron chi connectivity index (χ2n) is 6.00. The van der Waals surface area contributed by atoms with E-state index in [9.17, 15) is 23.1 Å². The number of hydrogen-bond donors (Lipinski definition) is 2. The molecular weight excluding hydrogens is 325 g/mol. The molecule has 1 aromatic heterocycles. The highest BCUT2D eigenvalue weighted by atomic mass is 19.4. The van der Waals surface area contributed by atoms with Crippen molar-refractivity contribution in [1.82, 2.24) is 10.3 Å². The normalized spacial score (nSPS) is 18.7. The second kappa shape index (κ2) is 7.38. The summed E-state index contributed by atoms with van der Waals surface area (Å²) in [4.78, 5) is 15.8. The van der Waals surface area contributed by atoms with Crippen LogP contribution in [0.2, 0.25) is 0 Å². The van der Waals surface area contributed by atoms with E-state index in [4.69, 9.17) is 4.74 Å². The van der Waals surface area contributed by atoms with Gasteiger partial charge in [-0.1, -0.05) is 19.3 Å². The molecule has 134 valence electrons. The first-order valence-electron chi connectivity index (χ1n) is 7.85. The lowest BCUT2D eigenvalue weighted by Crippen LogP contribution is -2.52. The van der Waals surface area contributed by atoms with E-state index >= 15 is 0 Å². The molecule has 1 aromatic rings. The summed E-state index contributed by atoms with van der Waals surface area (Å²) >= 11 is 0. The molecule has 1 aliphatic rings. The molecule has 1 amide bonds. The van der Waals surface area contributed by atoms with Crippen LogP contribution in [0.25, 0.3) is 0 Å². The summed E-state index contributed by atoms with van der Waals surface area (Å²) in [5, 5.41) is 12.5. The van der Waals surface area contributed by atoms with E-state index in [-0.39, 0.29) is 11.8 Å². The third-order valence-electron chi connectivity index (χ3n) is 4.39. The fourth-order valence-corrected chi connectivity index (χ4v) is 2.84. The first-order valence-corrected chi connectivity index (χ1v) is 7.85.